The third-order valence-electron chi connectivity index (χ3n) is 5.29. The van der Waals surface area contributed by atoms with Crippen LogP contribution in [0.5, 0.6) is 0 Å². The van der Waals surface area contributed by atoms with Crippen molar-refractivity contribution in [2.75, 3.05) is 31.1 Å². The molecule has 3 heterocycles. The zero-order valence-electron chi connectivity index (χ0n) is 17.2. The summed E-state index contributed by atoms with van der Waals surface area (Å²) in [5.74, 6) is 0.0259. The molecule has 6 nitrogen and oxygen atoms in total. The molecule has 4 rings (SSSR count). The number of piperazine rings is 1. The highest BCUT2D eigenvalue weighted by atomic mass is 32.1. The SMILES string of the molecule is Cc1cc(C)c2nc(N3CCN(C(=O)c4cc(C)n(C(C)C)n4)CC3)sc2c1. The molecule has 3 aromatic rings. The van der Waals surface area contributed by atoms with Crippen molar-refractivity contribution in [2.24, 2.45) is 0 Å². The van der Waals surface area contributed by atoms with E-state index in [4.69, 9.17) is 4.98 Å². The number of anilines is 1. The monoisotopic (exact) mass is 397 g/mol. The molecule has 28 heavy (non-hydrogen) atoms. The summed E-state index contributed by atoms with van der Waals surface area (Å²) in [6, 6.07) is 6.54. The quantitative estimate of drug-likeness (QED) is 0.671. The van der Waals surface area contributed by atoms with Crippen LogP contribution in [0.25, 0.3) is 10.2 Å². The molecule has 0 saturated carbocycles. The van der Waals surface area contributed by atoms with E-state index in [1.165, 1.54) is 15.8 Å². The summed E-state index contributed by atoms with van der Waals surface area (Å²) in [5.41, 5.74) is 5.16. The Morgan fingerprint density at radius 3 is 2.43 bits per heavy atom. The van der Waals surface area contributed by atoms with Gasteiger partial charge in [-0.2, -0.15) is 5.10 Å². The number of rotatable bonds is 3. The summed E-state index contributed by atoms with van der Waals surface area (Å²) in [7, 11) is 0. The van der Waals surface area contributed by atoms with Crippen molar-refractivity contribution in [3.05, 3.63) is 40.7 Å². The van der Waals surface area contributed by atoms with Gasteiger partial charge >= 0.3 is 0 Å². The van der Waals surface area contributed by atoms with Crippen LogP contribution in [0.1, 0.15) is 47.2 Å². The Balaban J connectivity index is 1.47. The first-order valence-electron chi connectivity index (χ1n) is 9.81. The second-order valence-electron chi connectivity index (χ2n) is 7.91. The van der Waals surface area contributed by atoms with Crippen LogP contribution >= 0.6 is 11.3 Å². The van der Waals surface area contributed by atoms with Gasteiger partial charge in [-0.3, -0.25) is 9.48 Å². The summed E-state index contributed by atoms with van der Waals surface area (Å²) >= 11 is 1.74. The minimum atomic E-state index is 0.0259. The van der Waals surface area contributed by atoms with E-state index < -0.39 is 0 Å². The molecule has 0 N–H and O–H groups in total. The molecule has 1 fully saturated rings. The number of aryl methyl sites for hydroxylation is 3. The van der Waals surface area contributed by atoms with Crippen LogP contribution in [0.2, 0.25) is 0 Å². The number of nitrogens with zero attached hydrogens (tertiary/aromatic N) is 5. The maximum absolute atomic E-state index is 12.9. The lowest BCUT2D eigenvalue weighted by Gasteiger charge is -2.34. The Hall–Kier alpha value is -2.41. The van der Waals surface area contributed by atoms with Gasteiger partial charge in [0.25, 0.3) is 5.91 Å². The minimum Gasteiger partial charge on any atom is -0.345 e. The Morgan fingerprint density at radius 1 is 1.07 bits per heavy atom. The molecule has 0 aliphatic carbocycles. The van der Waals surface area contributed by atoms with Crippen LogP contribution in [0.15, 0.2) is 18.2 Å². The first-order valence-corrected chi connectivity index (χ1v) is 10.6. The zero-order valence-corrected chi connectivity index (χ0v) is 18.0. The number of benzene rings is 1. The highest BCUT2D eigenvalue weighted by Gasteiger charge is 2.26. The van der Waals surface area contributed by atoms with Crippen molar-refractivity contribution in [1.82, 2.24) is 19.7 Å². The zero-order chi connectivity index (χ0) is 20.0. The number of fused-ring (bicyclic) bond motifs is 1. The molecule has 0 radical (unpaired) electrons. The fourth-order valence-electron chi connectivity index (χ4n) is 3.87. The molecule has 0 bridgehead atoms. The van der Waals surface area contributed by atoms with Crippen molar-refractivity contribution < 1.29 is 4.79 Å². The average molecular weight is 398 g/mol. The van der Waals surface area contributed by atoms with Gasteiger partial charge in [0.05, 0.1) is 10.2 Å². The lowest BCUT2D eigenvalue weighted by molar-refractivity contribution is 0.0739. The van der Waals surface area contributed by atoms with Crippen LogP contribution in [-0.2, 0) is 0 Å². The van der Waals surface area contributed by atoms with Crippen LogP contribution in [-0.4, -0.2) is 51.8 Å². The standard InChI is InChI=1S/C21H27N5OS/c1-13(2)26-16(5)12-17(23-26)20(27)24-6-8-25(9-7-24)21-22-19-15(4)10-14(3)11-18(19)28-21/h10-13H,6-9H2,1-5H3. The highest BCUT2D eigenvalue weighted by Crippen LogP contribution is 2.32. The predicted molar refractivity (Wildman–Crippen MR) is 115 cm³/mol. The Kier molecular flexibility index (Phi) is 4.87. The molecule has 7 heteroatoms. The van der Waals surface area contributed by atoms with Crippen LogP contribution in [0.4, 0.5) is 5.13 Å². The van der Waals surface area contributed by atoms with Gasteiger partial charge in [0.1, 0.15) is 0 Å². The number of carbonyl (C=O) groups excluding carboxylic acids is 1. The molecule has 1 aromatic carbocycles. The van der Waals surface area contributed by atoms with E-state index in [1.807, 2.05) is 22.6 Å². The number of carbonyl (C=O) groups is 1. The average Bonchev–Trinajstić information content (AvgIpc) is 3.25. The van der Waals surface area contributed by atoms with Crippen molar-refractivity contribution in [3.63, 3.8) is 0 Å². The third-order valence-corrected chi connectivity index (χ3v) is 6.35. The predicted octanol–water partition coefficient (Wildman–Crippen LogP) is 3.96. The molecule has 0 atom stereocenters. The first kappa shape index (κ1) is 18.9. The summed E-state index contributed by atoms with van der Waals surface area (Å²) in [6.07, 6.45) is 0. The van der Waals surface area contributed by atoms with Gasteiger partial charge in [-0.1, -0.05) is 17.4 Å². The molecular formula is C21H27N5OS. The molecule has 1 aliphatic heterocycles. The van der Waals surface area contributed by atoms with Crippen molar-refractivity contribution in [3.8, 4) is 0 Å². The largest absolute Gasteiger partial charge is 0.345 e. The second-order valence-corrected chi connectivity index (χ2v) is 8.92. The fraction of sp³-hybridized carbons (Fsp3) is 0.476. The second kappa shape index (κ2) is 7.20. The molecule has 1 saturated heterocycles. The number of hydrogen-bond acceptors (Lipinski definition) is 5. The van der Waals surface area contributed by atoms with Gasteiger partial charge in [-0.15, -0.1) is 0 Å². The molecule has 0 unspecified atom stereocenters. The van der Waals surface area contributed by atoms with Gasteiger partial charge in [0.15, 0.2) is 10.8 Å². The molecule has 1 amide bonds. The van der Waals surface area contributed by atoms with Crippen molar-refractivity contribution in [1.29, 1.82) is 0 Å². The lowest BCUT2D eigenvalue weighted by Crippen LogP contribution is -2.48. The first-order chi connectivity index (χ1) is 13.3. The lowest BCUT2D eigenvalue weighted by atomic mass is 10.1. The Bertz CT molecular complexity index is 1030. The van der Waals surface area contributed by atoms with Crippen LogP contribution < -0.4 is 4.90 Å². The number of aromatic nitrogens is 3. The van der Waals surface area contributed by atoms with Crippen molar-refractivity contribution in [2.45, 2.75) is 40.7 Å². The molecule has 148 valence electrons. The maximum Gasteiger partial charge on any atom is 0.274 e. The van der Waals surface area contributed by atoms with Gasteiger partial charge in [0, 0.05) is 37.9 Å². The normalized spacial score (nSPS) is 15.1. The van der Waals surface area contributed by atoms with E-state index in [0.29, 0.717) is 18.8 Å². The number of thiazole rings is 1. The van der Waals surface area contributed by atoms with Crippen LogP contribution in [0.3, 0.4) is 0 Å². The molecular weight excluding hydrogens is 370 g/mol. The van der Waals surface area contributed by atoms with E-state index in [1.54, 1.807) is 11.3 Å². The Labute approximate surface area is 169 Å². The van der Waals surface area contributed by atoms with Gasteiger partial charge in [-0.25, -0.2) is 4.98 Å². The molecule has 1 aliphatic rings. The third kappa shape index (κ3) is 3.39. The van der Waals surface area contributed by atoms with E-state index >= 15 is 0 Å². The molecule has 2 aromatic heterocycles. The van der Waals surface area contributed by atoms with Crippen LogP contribution in [0, 0.1) is 20.8 Å². The minimum absolute atomic E-state index is 0.0259. The summed E-state index contributed by atoms with van der Waals surface area (Å²) in [5, 5.41) is 5.56. The summed E-state index contributed by atoms with van der Waals surface area (Å²) in [6.45, 7) is 13.4. The smallest absolute Gasteiger partial charge is 0.274 e. The van der Waals surface area contributed by atoms with E-state index in [-0.39, 0.29) is 11.9 Å². The number of hydrogen-bond donors (Lipinski definition) is 0. The number of amides is 1. The highest BCUT2D eigenvalue weighted by molar-refractivity contribution is 7.22. The van der Waals surface area contributed by atoms with E-state index in [2.05, 4.69) is 49.8 Å². The van der Waals surface area contributed by atoms with Gasteiger partial charge < -0.3 is 9.80 Å². The van der Waals surface area contributed by atoms with Gasteiger partial charge in [-0.05, 0) is 57.9 Å². The van der Waals surface area contributed by atoms with E-state index in [0.717, 1.165) is 29.4 Å². The summed E-state index contributed by atoms with van der Waals surface area (Å²) in [4.78, 5) is 21.9. The Morgan fingerprint density at radius 2 is 1.79 bits per heavy atom. The van der Waals surface area contributed by atoms with E-state index in [9.17, 15) is 4.79 Å². The maximum atomic E-state index is 12.9. The van der Waals surface area contributed by atoms with Crippen molar-refractivity contribution >= 4 is 32.6 Å². The molecule has 0 spiro atoms. The van der Waals surface area contributed by atoms with Gasteiger partial charge in [0.2, 0.25) is 0 Å². The topological polar surface area (TPSA) is 54.3 Å². The summed E-state index contributed by atoms with van der Waals surface area (Å²) < 4.78 is 3.15. The fourth-order valence-corrected chi connectivity index (χ4v) is 5.07.